The Balaban J connectivity index is 2.19. The predicted molar refractivity (Wildman–Crippen MR) is 51.9 cm³/mol. The Hall–Kier alpha value is -0.460. The maximum Gasteiger partial charge on any atom is 0.0961 e. The van der Waals surface area contributed by atoms with Crippen LogP contribution in [0.1, 0.15) is 46.0 Å². The molecule has 0 radical (unpaired) electrons. The molecular weight excluding hydrogens is 148 g/mol. The number of ether oxygens (including phenoxy) is 1. The molecule has 0 spiro atoms. The van der Waals surface area contributed by atoms with E-state index in [0.29, 0.717) is 12.0 Å². The third-order valence-electron chi connectivity index (χ3n) is 2.58. The molecule has 0 aliphatic carbocycles. The Labute approximate surface area is 75.8 Å². The fraction of sp³-hybridized carbons (Fsp3) is 0.818. The Morgan fingerprint density at radius 1 is 1.50 bits per heavy atom. The van der Waals surface area contributed by atoms with Crippen molar-refractivity contribution < 1.29 is 4.74 Å². The minimum Gasteiger partial charge on any atom is -0.495 e. The second-order valence-electron chi connectivity index (χ2n) is 3.82. The zero-order valence-electron chi connectivity index (χ0n) is 8.31. The Morgan fingerprint density at radius 3 is 2.75 bits per heavy atom. The molecule has 1 nitrogen and oxygen atoms in total. The molecule has 1 saturated heterocycles. The lowest BCUT2D eigenvalue weighted by Crippen LogP contribution is -1.97. The first kappa shape index (κ1) is 9.63. The van der Waals surface area contributed by atoms with Crippen LogP contribution >= 0.6 is 0 Å². The van der Waals surface area contributed by atoms with Crippen molar-refractivity contribution in [3.05, 3.63) is 12.3 Å². The van der Waals surface area contributed by atoms with E-state index in [1.165, 1.54) is 32.1 Å². The molecule has 1 rings (SSSR count). The largest absolute Gasteiger partial charge is 0.495 e. The summed E-state index contributed by atoms with van der Waals surface area (Å²) < 4.78 is 5.51. The zero-order chi connectivity index (χ0) is 8.97. The predicted octanol–water partition coefficient (Wildman–Crippen LogP) is 3.51. The fourth-order valence-electron chi connectivity index (χ4n) is 1.85. The molecule has 0 saturated carbocycles. The van der Waals surface area contributed by atoms with Crippen LogP contribution in [0.5, 0.6) is 0 Å². The van der Waals surface area contributed by atoms with Crippen molar-refractivity contribution in [1.29, 1.82) is 0 Å². The van der Waals surface area contributed by atoms with Crippen LogP contribution in [0.4, 0.5) is 0 Å². The Morgan fingerprint density at radius 2 is 2.25 bits per heavy atom. The van der Waals surface area contributed by atoms with Gasteiger partial charge in [-0.1, -0.05) is 32.8 Å². The van der Waals surface area contributed by atoms with Gasteiger partial charge in [0.1, 0.15) is 0 Å². The summed E-state index contributed by atoms with van der Waals surface area (Å²) in [5.74, 6) is 1.67. The van der Waals surface area contributed by atoms with Crippen LogP contribution < -0.4 is 0 Å². The van der Waals surface area contributed by atoms with Gasteiger partial charge in [0.15, 0.2) is 0 Å². The second kappa shape index (κ2) is 4.54. The molecule has 0 aromatic carbocycles. The van der Waals surface area contributed by atoms with Crippen LogP contribution in [-0.2, 0) is 4.74 Å². The van der Waals surface area contributed by atoms with E-state index in [2.05, 4.69) is 20.4 Å². The molecule has 0 aromatic heterocycles. The Kier molecular flexibility index (Phi) is 3.64. The molecule has 1 aliphatic heterocycles. The van der Waals surface area contributed by atoms with Crippen molar-refractivity contribution in [2.24, 2.45) is 5.92 Å². The molecule has 0 N–H and O–H groups in total. The van der Waals surface area contributed by atoms with E-state index in [4.69, 9.17) is 4.74 Å². The average Bonchev–Trinajstić information content (AvgIpc) is 2.31. The quantitative estimate of drug-likeness (QED) is 0.584. The highest BCUT2D eigenvalue weighted by atomic mass is 16.5. The lowest BCUT2D eigenvalue weighted by molar-refractivity contribution is 0.178. The molecule has 1 heteroatoms. The lowest BCUT2D eigenvalue weighted by atomic mass is 9.97. The van der Waals surface area contributed by atoms with Gasteiger partial charge in [-0.25, -0.2) is 0 Å². The van der Waals surface area contributed by atoms with Crippen molar-refractivity contribution in [3.63, 3.8) is 0 Å². The summed E-state index contributed by atoms with van der Waals surface area (Å²) >= 11 is 0. The summed E-state index contributed by atoms with van der Waals surface area (Å²) in [6.45, 7) is 8.31. The number of unbranched alkanes of at least 4 members (excludes halogenated alkanes) is 2. The maximum absolute atomic E-state index is 5.51. The van der Waals surface area contributed by atoms with Crippen molar-refractivity contribution >= 4 is 0 Å². The van der Waals surface area contributed by atoms with E-state index in [1.807, 2.05) is 0 Å². The summed E-state index contributed by atoms with van der Waals surface area (Å²) in [6, 6.07) is 0. The molecule has 1 aliphatic rings. The van der Waals surface area contributed by atoms with Gasteiger partial charge in [0, 0.05) is 5.92 Å². The van der Waals surface area contributed by atoms with Crippen molar-refractivity contribution in [2.45, 2.75) is 52.1 Å². The van der Waals surface area contributed by atoms with Gasteiger partial charge >= 0.3 is 0 Å². The second-order valence-corrected chi connectivity index (χ2v) is 3.82. The summed E-state index contributed by atoms with van der Waals surface area (Å²) in [5.41, 5.74) is 0. The van der Waals surface area contributed by atoms with E-state index in [9.17, 15) is 0 Å². The van der Waals surface area contributed by atoms with E-state index in [1.54, 1.807) is 0 Å². The van der Waals surface area contributed by atoms with E-state index in [0.717, 1.165) is 5.76 Å². The van der Waals surface area contributed by atoms with Crippen molar-refractivity contribution in [1.82, 2.24) is 0 Å². The number of rotatable bonds is 4. The molecule has 0 amide bonds. The standard InChI is InChI=1S/C11H20O/c1-4-5-6-7-11-8-9(2)12-10(11)3/h9,11H,3-8H2,1-2H3. The van der Waals surface area contributed by atoms with Gasteiger partial charge in [-0.05, 0) is 19.8 Å². The Bertz CT molecular complexity index is 151. The minimum absolute atomic E-state index is 0.407. The van der Waals surface area contributed by atoms with Gasteiger partial charge in [-0.3, -0.25) is 0 Å². The highest BCUT2D eigenvalue weighted by Crippen LogP contribution is 2.32. The molecule has 2 atom stereocenters. The summed E-state index contributed by atoms with van der Waals surface area (Å²) in [4.78, 5) is 0. The van der Waals surface area contributed by atoms with Crippen molar-refractivity contribution in [3.8, 4) is 0 Å². The topological polar surface area (TPSA) is 9.23 Å². The average molecular weight is 168 g/mol. The minimum atomic E-state index is 0.407. The smallest absolute Gasteiger partial charge is 0.0961 e. The number of allylic oxidation sites excluding steroid dienone is 1. The molecule has 1 heterocycles. The van der Waals surface area contributed by atoms with Gasteiger partial charge in [0.25, 0.3) is 0 Å². The monoisotopic (exact) mass is 168 g/mol. The summed E-state index contributed by atoms with van der Waals surface area (Å²) in [7, 11) is 0. The SMILES string of the molecule is C=C1OC(C)CC1CCCCC. The van der Waals surface area contributed by atoms with E-state index < -0.39 is 0 Å². The van der Waals surface area contributed by atoms with Gasteiger partial charge in [0.05, 0.1) is 11.9 Å². The molecular formula is C11H20O. The normalized spacial score (nSPS) is 29.0. The third kappa shape index (κ3) is 2.54. The van der Waals surface area contributed by atoms with Crippen LogP contribution in [0.2, 0.25) is 0 Å². The lowest BCUT2D eigenvalue weighted by Gasteiger charge is -2.06. The van der Waals surface area contributed by atoms with Gasteiger partial charge < -0.3 is 4.74 Å². The maximum atomic E-state index is 5.51. The highest BCUT2D eigenvalue weighted by Gasteiger charge is 2.25. The molecule has 0 bridgehead atoms. The fourth-order valence-corrected chi connectivity index (χ4v) is 1.85. The van der Waals surface area contributed by atoms with Crippen LogP contribution in [0.25, 0.3) is 0 Å². The van der Waals surface area contributed by atoms with Gasteiger partial charge in [0.2, 0.25) is 0 Å². The first-order valence-corrected chi connectivity index (χ1v) is 5.09. The third-order valence-corrected chi connectivity index (χ3v) is 2.58. The number of hydrogen-bond acceptors (Lipinski definition) is 1. The van der Waals surface area contributed by atoms with E-state index >= 15 is 0 Å². The summed E-state index contributed by atoms with van der Waals surface area (Å²) in [6.07, 6.45) is 6.84. The van der Waals surface area contributed by atoms with Crippen LogP contribution in [0, 0.1) is 5.92 Å². The molecule has 12 heavy (non-hydrogen) atoms. The highest BCUT2D eigenvalue weighted by molar-refractivity contribution is 4.98. The zero-order valence-corrected chi connectivity index (χ0v) is 8.31. The van der Waals surface area contributed by atoms with Crippen LogP contribution in [0.3, 0.4) is 0 Å². The number of hydrogen-bond donors (Lipinski definition) is 0. The molecule has 70 valence electrons. The van der Waals surface area contributed by atoms with E-state index in [-0.39, 0.29) is 0 Å². The summed E-state index contributed by atoms with van der Waals surface area (Å²) in [5, 5.41) is 0. The van der Waals surface area contributed by atoms with Gasteiger partial charge in [-0.2, -0.15) is 0 Å². The van der Waals surface area contributed by atoms with Crippen LogP contribution in [-0.4, -0.2) is 6.10 Å². The van der Waals surface area contributed by atoms with Crippen molar-refractivity contribution in [2.75, 3.05) is 0 Å². The first-order valence-electron chi connectivity index (χ1n) is 5.09. The molecule has 1 fully saturated rings. The van der Waals surface area contributed by atoms with Crippen LogP contribution in [0.15, 0.2) is 12.3 Å². The first-order chi connectivity index (χ1) is 5.74. The van der Waals surface area contributed by atoms with Gasteiger partial charge in [-0.15, -0.1) is 0 Å². The molecule has 2 unspecified atom stereocenters. The molecule has 0 aromatic rings.